The van der Waals surface area contributed by atoms with E-state index in [-0.39, 0.29) is 0 Å². The molecular weight excluding hydrogens is 512 g/mol. The van der Waals surface area contributed by atoms with E-state index in [1.807, 2.05) is 23.6 Å². The molecule has 0 spiro atoms. The lowest BCUT2D eigenvalue weighted by Gasteiger charge is -2.41. The molecule has 2 fully saturated rings. The molecule has 0 atom stereocenters. The molecule has 2 aliphatic rings. The largest absolute Gasteiger partial charge is 0.494 e. The van der Waals surface area contributed by atoms with Crippen LogP contribution >= 0.6 is 11.3 Å². The number of hydrogen-bond donors (Lipinski definition) is 4. The molecule has 1 amide bonds. The van der Waals surface area contributed by atoms with Crippen LogP contribution in [0.3, 0.4) is 0 Å². The molecule has 3 aromatic heterocycles. The van der Waals surface area contributed by atoms with Gasteiger partial charge in [-0.05, 0) is 68.4 Å². The molecule has 0 aliphatic carbocycles. The molecule has 5 heterocycles. The number of carbonyl (C=O) groups excluding carboxylic acids is 1. The van der Waals surface area contributed by atoms with Crippen molar-refractivity contribution in [2.75, 3.05) is 48.8 Å². The van der Waals surface area contributed by atoms with E-state index < -0.39 is 5.91 Å². The number of ether oxygens (including phenoxy) is 1. The number of fused-ring (bicyclic) bond motifs is 1. The molecule has 10 nitrogen and oxygen atoms in total. The summed E-state index contributed by atoms with van der Waals surface area (Å²) >= 11 is 1.29. The number of amides is 1. The van der Waals surface area contributed by atoms with Crippen molar-refractivity contribution in [3.63, 3.8) is 0 Å². The number of thiophene rings is 1. The molecular formula is C28H34N8O2S. The topological polar surface area (TPSA) is 124 Å². The fraction of sp³-hybridized carbons (Fsp3) is 0.393. The van der Waals surface area contributed by atoms with Gasteiger partial charge in [0.05, 0.1) is 23.9 Å². The quantitative estimate of drug-likeness (QED) is 0.242. The monoisotopic (exact) mass is 546 g/mol. The minimum absolute atomic E-state index is 0.400. The summed E-state index contributed by atoms with van der Waals surface area (Å²) in [6, 6.07) is 10.6. The highest BCUT2D eigenvalue weighted by Gasteiger charge is 2.26. The summed E-state index contributed by atoms with van der Waals surface area (Å²) in [5.74, 6) is 1.21. The summed E-state index contributed by atoms with van der Waals surface area (Å²) in [5, 5.41) is 9.20. The van der Waals surface area contributed by atoms with Gasteiger partial charge in [0, 0.05) is 37.1 Å². The number of hydrogen-bond acceptors (Lipinski definition) is 9. The summed E-state index contributed by atoms with van der Waals surface area (Å²) in [4.78, 5) is 29.9. The maximum absolute atomic E-state index is 11.8. The molecule has 0 radical (unpaired) electrons. The molecule has 2 aliphatic heterocycles. The highest BCUT2D eigenvalue weighted by atomic mass is 32.1. The second-order valence-corrected chi connectivity index (χ2v) is 11.0. The van der Waals surface area contributed by atoms with Crippen LogP contribution in [0.5, 0.6) is 5.75 Å². The van der Waals surface area contributed by atoms with Crippen molar-refractivity contribution in [3.05, 3.63) is 46.8 Å². The van der Waals surface area contributed by atoms with Crippen molar-refractivity contribution in [2.24, 2.45) is 5.73 Å². The summed E-state index contributed by atoms with van der Waals surface area (Å²) in [7, 11) is 1.68. The number of aromatic nitrogens is 3. The Morgan fingerprint density at radius 2 is 1.87 bits per heavy atom. The van der Waals surface area contributed by atoms with E-state index in [0.29, 0.717) is 34.0 Å². The Morgan fingerprint density at radius 3 is 2.64 bits per heavy atom. The Kier molecular flexibility index (Phi) is 7.25. The zero-order valence-electron chi connectivity index (χ0n) is 22.1. The van der Waals surface area contributed by atoms with Crippen LogP contribution < -0.4 is 26.0 Å². The summed E-state index contributed by atoms with van der Waals surface area (Å²) in [5.41, 5.74) is 8.75. The number of piperidine rings is 2. The zero-order valence-corrected chi connectivity index (χ0v) is 22.9. The van der Waals surface area contributed by atoms with Crippen LogP contribution in [0.1, 0.15) is 41.8 Å². The van der Waals surface area contributed by atoms with Gasteiger partial charge in [0.1, 0.15) is 22.1 Å². The number of nitrogens with two attached hydrogens (primary N) is 1. The number of likely N-dealkylation sites (tertiary alicyclic amines) is 1. The van der Waals surface area contributed by atoms with Crippen LogP contribution in [-0.2, 0) is 0 Å². The first kappa shape index (κ1) is 25.4. The van der Waals surface area contributed by atoms with Crippen LogP contribution in [0.25, 0.3) is 11.0 Å². The molecule has 0 saturated carbocycles. The van der Waals surface area contributed by atoms with Gasteiger partial charge < -0.3 is 35.9 Å². The number of anilines is 5. The smallest absolute Gasteiger partial charge is 0.260 e. The molecule has 6 rings (SSSR count). The van der Waals surface area contributed by atoms with Crippen LogP contribution in [0, 0.1) is 0 Å². The minimum Gasteiger partial charge on any atom is -0.494 e. The average Bonchev–Trinajstić information content (AvgIpc) is 3.64. The number of methoxy groups -OCH3 is 1. The van der Waals surface area contributed by atoms with E-state index in [9.17, 15) is 4.79 Å². The number of benzene rings is 1. The fourth-order valence-corrected chi connectivity index (χ4v) is 6.39. The number of nitrogens with zero attached hydrogens (tertiary/aromatic N) is 4. The van der Waals surface area contributed by atoms with Crippen LogP contribution in [-0.4, -0.2) is 65.1 Å². The van der Waals surface area contributed by atoms with Gasteiger partial charge in [0.15, 0.2) is 0 Å². The van der Waals surface area contributed by atoms with Crippen molar-refractivity contribution in [3.8, 4) is 5.75 Å². The fourth-order valence-electron chi connectivity index (χ4n) is 5.69. The maximum Gasteiger partial charge on any atom is 0.260 e. The summed E-state index contributed by atoms with van der Waals surface area (Å²) in [6.45, 7) is 4.61. The van der Waals surface area contributed by atoms with Gasteiger partial charge in [-0.1, -0.05) is 6.42 Å². The Morgan fingerprint density at radius 1 is 1.05 bits per heavy atom. The lowest BCUT2D eigenvalue weighted by molar-refractivity contribution is 0.100. The number of rotatable bonds is 8. The molecule has 4 aromatic rings. The van der Waals surface area contributed by atoms with Gasteiger partial charge in [-0.25, -0.2) is 0 Å². The molecule has 1 aromatic carbocycles. The summed E-state index contributed by atoms with van der Waals surface area (Å²) < 4.78 is 5.77. The van der Waals surface area contributed by atoms with E-state index in [1.54, 1.807) is 13.3 Å². The standard InChI is InChI=1S/C28H34N8O2S/c1-38-23-17-19(36-14-8-18(9-15-36)35-12-3-2-4-13-35)5-6-21(23)32-28-33-26-20(7-11-30-26)27(34-28)31-22-10-16-39-24(22)25(29)37/h5-7,10-11,16-18H,2-4,8-9,12-15H2,1H3,(H2,29,37)(H3,30,31,32,33,34). The Hall–Kier alpha value is -3.83. The minimum atomic E-state index is -0.481. The first-order valence-corrected chi connectivity index (χ1v) is 14.4. The van der Waals surface area contributed by atoms with E-state index in [1.165, 1.54) is 56.5 Å². The molecule has 11 heteroatoms. The van der Waals surface area contributed by atoms with Gasteiger partial charge in [0.25, 0.3) is 5.91 Å². The first-order valence-electron chi connectivity index (χ1n) is 13.5. The van der Waals surface area contributed by atoms with Gasteiger partial charge in [-0.2, -0.15) is 9.97 Å². The predicted octanol–water partition coefficient (Wildman–Crippen LogP) is 5.07. The average molecular weight is 547 g/mol. The molecule has 0 unspecified atom stereocenters. The van der Waals surface area contributed by atoms with E-state index >= 15 is 0 Å². The maximum atomic E-state index is 11.8. The second-order valence-electron chi connectivity index (χ2n) is 10.1. The van der Waals surface area contributed by atoms with Crippen molar-refractivity contribution in [1.82, 2.24) is 19.9 Å². The van der Waals surface area contributed by atoms with Gasteiger partial charge >= 0.3 is 0 Å². The van der Waals surface area contributed by atoms with Crippen LogP contribution in [0.4, 0.5) is 28.8 Å². The van der Waals surface area contributed by atoms with Crippen molar-refractivity contribution < 1.29 is 9.53 Å². The molecule has 0 bridgehead atoms. The van der Waals surface area contributed by atoms with Crippen molar-refractivity contribution in [1.29, 1.82) is 0 Å². The third-order valence-electron chi connectivity index (χ3n) is 7.73. The van der Waals surface area contributed by atoms with Gasteiger partial charge in [-0.3, -0.25) is 4.79 Å². The molecule has 39 heavy (non-hydrogen) atoms. The van der Waals surface area contributed by atoms with Crippen LogP contribution in [0.2, 0.25) is 0 Å². The lowest BCUT2D eigenvalue weighted by atomic mass is 9.99. The first-order chi connectivity index (χ1) is 19.1. The molecule has 5 N–H and O–H groups in total. The van der Waals surface area contributed by atoms with Gasteiger partial charge in [-0.15, -0.1) is 11.3 Å². The van der Waals surface area contributed by atoms with Gasteiger partial charge in [0.2, 0.25) is 5.95 Å². The Labute approximate surface area is 231 Å². The highest BCUT2D eigenvalue weighted by molar-refractivity contribution is 7.12. The Balaban J connectivity index is 1.19. The number of nitrogens with one attached hydrogen (secondary N) is 3. The third kappa shape index (κ3) is 5.37. The normalized spacial score (nSPS) is 16.9. The van der Waals surface area contributed by atoms with E-state index in [0.717, 1.165) is 35.6 Å². The van der Waals surface area contributed by atoms with E-state index in [4.69, 9.17) is 15.5 Å². The summed E-state index contributed by atoms with van der Waals surface area (Å²) in [6.07, 6.45) is 8.26. The zero-order chi connectivity index (χ0) is 26.8. The van der Waals surface area contributed by atoms with Crippen molar-refractivity contribution >= 4 is 57.1 Å². The van der Waals surface area contributed by atoms with E-state index in [2.05, 4.69) is 42.5 Å². The van der Waals surface area contributed by atoms with Crippen LogP contribution in [0.15, 0.2) is 41.9 Å². The molecule has 204 valence electrons. The number of primary amides is 1. The molecule has 2 saturated heterocycles. The van der Waals surface area contributed by atoms with Crippen molar-refractivity contribution in [2.45, 2.75) is 38.1 Å². The number of aromatic amines is 1. The number of carbonyl (C=O) groups is 1. The predicted molar refractivity (Wildman–Crippen MR) is 157 cm³/mol. The SMILES string of the molecule is COc1cc(N2CCC(N3CCCCC3)CC2)ccc1Nc1nc(Nc2ccsc2C(N)=O)c2cc[nH]c2n1. The number of H-pyrrole nitrogens is 1. The third-order valence-corrected chi connectivity index (χ3v) is 8.66. The Bertz CT molecular complexity index is 1450. The lowest BCUT2D eigenvalue weighted by Crippen LogP contribution is -2.46. The highest BCUT2D eigenvalue weighted by Crippen LogP contribution is 2.35. The second kappa shape index (κ2) is 11.1.